The van der Waals surface area contributed by atoms with Crippen molar-refractivity contribution in [3.8, 4) is 0 Å². The number of Topliss-reactive ketones (excluding diaryl/α,β-unsaturated/α-hetero) is 2. The van der Waals surface area contributed by atoms with E-state index in [-0.39, 0.29) is 22.9 Å². The molecule has 1 rings (SSSR count). The number of carbonyl (C=O) groups is 2. The number of hydrogen-bond acceptors (Lipinski definition) is 2. The third kappa shape index (κ3) is 2.63. The van der Waals surface area contributed by atoms with Crippen LogP contribution in [-0.4, -0.2) is 16.9 Å². The summed E-state index contributed by atoms with van der Waals surface area (Å²) in [6, 6.07) is 0. The molecular weight excluding hydrogens is 232 g/mol. The molecule has 0 bridgehead atoms. The molecule has 74 valence electrons. The Morgan fingerprint density at radius 1 is 1.31 bits per heavy atom. The summed E-state index contributed by atoms with van der Waals surface area (Å²) in [5.74, 6) is -0.0752. The molecule has 1 saturated carbocycles. The first kappa shape index (κ1) is 10.9. The molecule has 0 aromatic rings. The Morgan fingerprint density at radius 2 is 1.77 bits per heavy atom. The second-order valence-electron chi connectivity index (χ2n) is 4.48. The summed E-state index contributed by atoms with van der Waals surface area (Å²) in [5, 5.41) is 0.732. The first-order valence-corrected chi connectivity index (χ1v) is 5.70. The largest absolute Gasteiger partial charge is 0.299 e. The fraction of sp³-hybridized carbons (Fsp3) is 0.800. The van der Waals surface area contributed by atoms with Crippen molar-refractivity contribution in [2.24, 2.45) is 11.3 Å². The van der Waals surface area contributed by atoms with Crippen LogP contribution >= 0.6 is 15.9 Å². The van der Waals surface area contributed by atoms with Crippen molar-refractivity contribution in [3.63, 3.8) is 0 Å². The van der Waals surface area contributed by atoms with E-state index in [1.807, 2.05) is 13.8 Å². The first-order valence-electron chi connectivity index (χ1n) is 4.58. The molecule has 13 heavy (non-hydrogen) atoms. The lowest BCUT2D eigenvalue weighted by Crippen LogP contribution is -2.37. The van der Waals surface area contributed by atoms with Gasteiger partial charge in [0.25, 0.3) is 0 Å². The fourth-order valence-corrected chi connectivity index (χ4v) is 2.32. The van der Waals surface area contributed by atoms with Gasteiger partial charge in [-0.15, -0.1) is 0 Å². The average Bonchev–Trinajstić information content (AvgIpc) is 1.94. The zero-order valence-corrected chi connectivity index (χ0v) is 9.69. The van der Waals surface area contributed by atoms with Gasteiger partial charge in [0, 0.05) is 18.2 Å². The van der Waals surface area contributed by atoms with Crippen LogP contribution in [0.4, 0.5) is 0 Å². The summed E-state index contributed by atoms with van der Waals surface area (Å²) in [5.41, 5.74) is -0.114. The van der Waals surface area contributed by atoms with Gasteiger partial charge < -0.3 is 0 Å². The van der Waals surface area contributed by atoms with Gasteiger partial charge in [-0.3, -0.25) is 9.59 Å². The number of carbonyl (C=O) groups excluding carboxylic acids is 2. The van der Waals surface area contributed by atoms with Gasteiger partial charge >= 0.3 is 0 Å². The van der Waals surface area contributed by atoms with E-state index in [1.165, 1.54) is 0 Å². The maximum Gasteiger partial charge on any atom is 0.143 e. The Labute approximate surface area is 87.2 Å². The number of alkyl halides is 1. The summed E-state index contributed by atoms with van der Waals surface area (Å²) in [6.45, 7) is 3.96. The molecule has 2 nitrogen and oxygen atoms in total. The zero-order valence-electron chi connectivity index (χ0n) is 8.10. The molecular formula is C10H15BrO2. The summed E-state index contributed by atoms with van der Waals surface area (Å²) in [7, 11) is 0. The highest BCUT2D eigenvalue weighted by Crippen LogP contribution is 2.34. The average molecular weight is 247 g/mol. The van der Waals surface area contributed by atoms with Gasteiger partial charge in [0.2, 0.25) is 0 Å². The molecule has 0 aromatic heterocycles. The van der Waals surface area contributed by atoms with E-state index in [2.05, 4.69) is 15.9 Å². The predicted molar refractivity (Wildman–Crippen MR) is 54.9 cm³/mol. The smallest absolute Gasteiger partial charge is 0.143 e. The minimum absolute atomic E-state index is 0.114. The molecule has 3 heteroatoms. The quantitative estimate of drug-likeness (QED) is 0.554. The van der Waals surface area contributed by atoms with E-state index in [4.69, 9.17) is 0 Å². The Morgan fingerprint density at radius 3 is 2.15 bits per heavy atom. The molecule has 0 saturated heterocycles. The number of halogens is 1. The van der Waals surface area contributed by atoms with E-state index in [0.29, 0.717) is 19.3 Å². The van der Waals surface area contributed by atoms with Gasteiger partial charge in [0.1, 0.15) is 11.6 Å². The van der Waals surface area contributed by atoms with Gasteiger partial charge in [0.15, 0.2) is 0 Å². The Balaban J connectivity index is 2.71. The third-order valence-electron chi connectivity index (χ3n) is 2.48. The predicted octanol–water partition coefficient (Wildman–Crippen LogP) is 2.35. The summed E-state index contributed by atoms with van der Waals surface area (Å²) < 4.78 is 0. The lowest BCUT2D eigenvalue weighted by Gasteiger charge is -2.31. The third-order valence-corrected chi connectivity index (χ3v) is 2.94. The molecule has 0 heterocycles. The second kappa shape index (κ2) is 3.91. The molecule has 0 atom stereocenters. The first-order chi connectivity index (χ1) is 5.96. The summed E-state index contributed by atoms with van der Waals surface area (Å²) in [6.07, 6.45) is 1.76. The maximum atomic E-state index is 11.6. The number of ketones is 2. The summed E-state index contributed by atoms with van der Waals surface area (Å²) in [4.78, 5) is 23.1. The van der Waals surface area contributed by atoms with Crippen LogP contribution < -0.4 is 0 Å². The highest BCUT2D eigenvalue weighted by atomic mass is 79.9. The van der Waals surface area contributed by atoms with Crippen LogP contribution in [0, 0.1) is 11.3 Å². The van der Waals surface area contributed by atoms with Crippen molar-refractivity contribution in [1.29, 1.82) is 0 Å². The van der Waals surface area contributed by atoms with Crippen LogP contribution in [-0.2, 0) is 9.59 Å². The van der Waals surface area contributed by atoms with Crippen LogP contribution in [0.15, 0.2) is 0 Å². The van der Waals surface area contributed by atoms with Crippen LogP contribution in [0.1, 0.15) is 33.1 Å². The maximum absolute atomic E-state index is 11.6. The van der Waals surface area contributed by atoms with Crippen LogP contribution in [0.2, 0.25) is 0 Å². The molecule has 0 aromatic carbocycles. The van der Waals surface area contributed by atoms with Gasteiger partial charge in [-0.1, -0.05) is 29.8 Å². The van der Waals surface area contributed by atoms with E-state index in [9.17, 15) is 9.59 Å². The van der Waals surface area contributed by atoms with Crippen molar-refractivity contribution in [1.82, 2.24) is 0 Å². The molecule has 0 radical (unpaired) electrons. The number of rotatable bonds is 2. The lowest BCUT2D eigenvalue weighted by molar-refractivity contribution is -0.139. The Hall–Kier alpha value is -0.180. The van der Waals surface area contributed by atoms with Crippen molar-refractivity contribution in [2.45, 2.75) is 33.1 Å². The summed E-state index contributed by atoms with van der Waals surface area (Å²) >= 11 is 3.26. The fourth-order valence-electron chi connectivity index (χ4n) is 1.86. The van der Waals surface area contributed by atoms with Crippen molar-refractivity contribution in [2.75, 3.05) is 5.33 Å². The van der Waals surface area contributed by atoms with Crippen molar-refractivity contribution in [3.05, 3.63) is 0 Å². The van der Waals surface area contributed by atoms with E-state index in [1.54, 1.807) is 0 Å². The van der Waals surface area contributed by atoms with Gasteiger partial charge in [-0.05, 0) is 11.8 Å². The molecule has 0 amide bonds. The standard InChI is InChI=1S/C10H15BrO2/c1-10(2)5-8(12)7(3-4-11)9(13)6-10/h7H,3-6H2,1-2H3. The highest BCUT2D eigenvalue weighted by molar-refractivity contribution is 9.09. The van der Waals surface area contributed by atoms with Crippen LogP contribution in [0.3, 0.4) is 0 Å². The van der Waals surface area contributed by atoms with Gasteiger partial charge in [-0.2, -0.15) is 0 Å². The molecule has 1 aliphatic carbocycles. The molecule has 1 aliphatic rings. The molecule has 1 fully saturated rings. The molecule has 0 aliphatic heterocycles. The second-order valence-corrected chi connectivity index (χ2v) is 5.27. The normalized spacial score (nSPS) is 23.6. The van der Waals surface area contributed by atoms with Crippen LogP contribution in [0.5, 0.6) is 0 Å². The minimum Gasteiger partial charge on any atom is -0.299 e. The highest BCUT2D eigenvalue weighted by Gasteiger charge is 2.38. The van der Waals surface area contributed by atoms with Crippen LogP contribution in [0.25, 0.3) is 0 Å². The molecule has 0 N–H and O–H groups in total. The van der Waals surface area contributed by atoms with Crippen molar-refractivity contribution < 1.29 is 9.59 Å². The Kier molecular flexibility index (Phi) is 3.28. The lowest BCUT2D eigenvalue weighted by atomic mass is 9.71. The van der Waals surface area contributed by atoms with E-state index < -0.39 is 0 Å². The van der Waals surface area contributed by atoms with Crippen molar-refractivity contribution >= 4 is 27.5 Å². The Bertz CT molecular complexity index is 213. The van der Waals surface area contributed by atoms with Gasteiger partial charge in [-0.25, -0.2) is 0 Å². The molecule has 0 spiro atoms. The van der Waals surface area contributed by atoms with E-state index in [0.717, 1.165) is 5.33 Å². The topological polar surface area (TPSA) is 34.1 Å². The zero-order chi connectivity index (χ0) is 10.1. The van der Waals surface area contributed by atoms with Gasteiger partial charge in [0.05, 0.1) is 5.92 Å². The SMILES string of the molecule is CC1(C)CC(=O)C(CCBr)C(=O)C1. The minimum atomic E-state index is -0.326. The number of hydrogen-bond donors (Lipinski definition) is 0. The molecule has 0 unspecified atom stereocenters. The monoisotopic (exact) mass is 246 g/mol. The van der Waals surface area contributed by atoms with E-state index >= 15 is 0 Å².